The van der Waals surface area contributed by atoms with Gasteiger partial charge in [0, 0.05) is 25.8 Å². The van der Waals surface area contributed by atoms with Gasteiger partial charge < -0.3 is 20.5 Å². The quantitative estimate of drug-likeness (QED) is 0.0813. The highest BCUT2D eigenvalue weighted by Crippen LogP contribution is 2.11. The number of amides is 2. The van der Waals surface area contributed by atoms with Crippen molar-refractivity contribution in [3.8, 4) is 0 Å². The molecule has 0 radical (unpaired) electrons. The number of carboxylic acids is 1. The van der Waals surface area contributed by atoms with Crippen LogP contribution in [0.5, 0.6) is 0 Å². The van der Waals surface area contributed by atoms with Crippen LogP contribution in [0.25, 0.3) is 0 Å². The van der Waals surface area contributed by atoms with Gasteiger partial charge in [0.2, 0.25) is 11.8 Å². The first-order chi connectivity index (χ1) is 18.4. The predicted octanol–water partition coefficient (Wildman–Crippen LogP) is 6.45. The van der Waals surface area contributed by atoms with E-state index in [0.717, 1.165) is 51.4 Å². The number of ether oxygens (including phenoxy) is 1. The summed E-state index contributed by atoms with van der Waals surface area (Å²) in [5.41, 5.74) is 0. The summed E-state index contributed by atoms with van der Waals surface area (Å²) in [7, 11) is 0. The first kappa shape index (κ1) is 35.9. The smallest absolute Gasteiger partial charge is 0.328 e. The zero-order chi connectivity index (χ0) is 28.3. The van der Waals surface area contributed by atoms with Crippen LogP contribution in [0.15, 0.2) is 0 Å². The third-order valence-electron chi connectivity index (χ3n) is 6.70. The maximum absolute atomic E-state index is 12.3. The minimum absolute atomic E-state index is 0.0880. The fraction of sp³-hybridized carbons (Fsp3) is 0.867. The molecule has 0 saturated heterocycles. The molecule has 0 aromatic heterocycles. The molecule has 0 aliphatic carbocycles. The molecule has 0 heterocycles. The van der Waals surface area contributed by atoms with Crippen LogP contribution in [0, 0.1) is 0 Å². The van der Waals surface area contributed by atoms with Crippen LogP contribution < -0.4 is 10.6 Å². The number of unbranched alkanes of at least 4 members (excludes halogenated alkanes) is 14. The number of rotatable bonds is 27. The molecular formula is C30H56N2O6. The van der Waals surface area contributed by atoms with Crippen LogP contribution in [-0.4, -0.2) is 48.1 Å². The van der Waals surface area contributed by atoms with Gasteiger partial charge in [0.05, 0.1) is 6.61 Å². The average molecular weight is 541 g/mol. The monoisotopic (exact) mass is 540 g/mol. The lowest BCUT2D eigenvalue weighted by Gasteiger charge is -2.17. The second-order valence-corrected chi connectivity index (χ2v) is 10.3. The number of nitrogens with one attached hydrogen (secondary N) is 2. The molecule has 1 atom stereocenters. The van der Waals surface area contributed by atoms with E-state index in [-0.39, 0.29) is 24.8 Å². The van der Waals surface area contributed by atoms with E-state index in [4.69, 9.17) is 9.84 Å². The molecular weight excluding hydrogens is 484 g/mol. The van der Waals surface area contributed by atoms with E-state index in [9.17, 15) is 19.2 Å². The van der Waals surface area contributed by atoms with E-state index in [1.165, 1.54) is 44.9 Å². The second kappa shape index (κ2) is 26.5. The van der Waals surface area contributed by atoms with E-state index in [2.05, 4.69) is 17.6 Å². The van der Waals surface area contributed by atoms with Gasteiger partial charge in [-0.1, -0.05) is 84.0 Å². The zero-order valence-corrected chi connectivity index (χ0v) is 24.3. The molecule has 0 spiro atoms. The molecule has 0 aromatic carbocycles. The maximum Gasteiger partial charge on any atom is 0.328 e. The minimum atomic E-state index is -0.757. The van der Waals surface area contributed by atoms with Crippen molar-refractivity contribution < 1.29 is 29.0 Å². The molecule has 0 saturated carbocycles. The Balaban J connectivity index is 3.93. The van der Waals surface area contributed by atoms with Gasteiger partial charge in [-0.25, -0.2) is 4.79 Å². The molecule has 0 aromatic rings. The molecule has 222 valence electrons. The summed E-state index contributed by atoms with van der Waals surface area (Å²) in [5.74, 6) is -1.23. The van der Waals surface area contributed by atoms with Gasteiger partial charge in [-0.15, -0.1) is 0 Å². The minimum Gasteiger partial charge on any atom is -0.481 e. The third-order valence-corrected chi connectivity index (χ3v) is 6.70. The summed E-state index contributed by atoms with van der Waals surface area (Å²) >= 11 is 0. The normalized spacial score (nSPS) is 11.6. The molecule has 38 heavy (non-hydrogen) atoms. The lowest BCUT2D eigenvalue weighted by atomic mass is 10.1. The number of carboxylic acid groups (broad SMARTS) is 1. The highest BCUT2D eigenvalue weighted by molar-refractivity contribution is 5.84. The first-order valence-electron chi connectivity index (χ1n) is 15.3. The van der Waals surface area contributed by atoms with Crippen molar-refractivity contribution in [1.29, 1.82) is 0 Å². The predicted molar refractivity (Wildman–Crippen MR) is 152 cm³/mol. The van der Waals surface area contributed by atoms with Crippen LogP contribution in [0.2, 0.25) is 0 Å². The molecule has 0 fully saturated rings. The number of hydrogen-bond donors (Lipinski definition) is 3. The molecule has 2 amide bonds. The van der Waals surface area contributed by atoms with Crippen molar-refractivity contribution in [2.75, 3.05) is 13.2 Å². The molecule has 8 nitrogen and oxygen atoms in total. The van der Waals surface area contributed by atoms with Crippen molar-refractivity contribution in [3.63, 3.8) is 0 Å². The number of hydrogen-bond acceptors (Lipinski definition) is 5. The zero-order valence-electron chi connectivity index (χ0n) is 24.3. The van der Waals surface area contributed by atoms with Crippen molar-refractivity contribution in [2.45, 2.75) is 155 Å². The van der Waals surface area contributed by atoms with Crippen LogP contribution in [0.3, 0.4) is 0 Å². The Kier molecular flexibility index (Phi) is 25.0. The standard InChI is InChI=1S/C30H56N2O6/c1-3-5-6-7-8-9-10-13-16-22-27(33)31-25-20-19-21-26(30(37)38-4-2)32-28(34)23-17-14-11-12-15-18-24-29(35)36/h26H,3-25H2,1-2H3,(H,31,33)(H,32,34)(H,35,36). The molecule has 0 bridgehead atoms. The van der Waals surface area contributed by atoms with Gasteiger partial charge in [-0.3, -0.25) is 14.4 Å². The molecule has 0 aliphatic rings. The van der Waals surface area contributed by atoms with Crippen LogP contribution >= 0.6 is 0 Å². The fourth-order valence-electron chi connectivity index (χ4n) is 4.41. The Hall–Kier alpha value is -2.12. The Morgan fingerprint density at radius 1 is 0.632 bits per heavy atom. The maximum atomic E-state index is 12.3. The largest absolute Gasteiger partial charge is 0.481 e. The van der Waals surface area contributed by atoms with Gasteiger partial charge in [0.15, 0.2) is 0 Å². The Bertz CT molecular complexity index is 626. The van der Waals surface area contributed by atoms with Gasteiger partial charge in [-0.2, -0.15) is 0 Å². The van der Waals surface area contributed by atoms with Crippen LogP contribution in [0.1, 0.15) is 149 Å². The van der Waals surface area contributed by atoms with Crippen LogP contribution in [0.4, 0.5) is 0 Å². The lowest BCUT2D eigenvalue weighted by Crippen LogP contribution is -2.41. The first-order valence-corrected chi connectivity index (χ1v) is 15.3. The molecule has 0 rings (SSSR count). The van der Waals surface area contributed by atoms with Gasteiger partial charge in [-0.05, 0) is 45.4 Å². The Morgan fingerprint density at radius 3 is 1.66 bits per heavy atom. The van der Waals surface area contributed by atoms with Crippen molar-refractivity contribution >= 4 is 23.8 Å². The highest BCUT2D eigenvalue weighted by atomic mass is 16.5. The SMILES string of the molecule is CCCCCCCCCCCC(=O)NCCCCC(NC(=O)CCCCCCCCC(=O)O)C(=O)OCC. The third kappa shape index (κ3) is 24.2. The highest BCUT2D eigenvalue weighted by Gasteiger charge is 2.21. The topological polar surface area (TPSA) is 122 Å². The van der Waals surface area contributed by atoms with E-state index >= 15 is 0 Å². The number of esters is 1. The summed E-state index contributed by atoms with van der Waals surface area (Å²) in [6.45, 7) is 4.82. The molecule has 0 aliphatic heterocycles. The Labute approximate surface area is 231 Å². The summed E-state index contributed by atoms with van der Waals surface area (Å²) in [4.78, 5) is 47.2. The number of carbonyl (C=O) groups excluding carboxylic acids is 3. The fourth-order valence-corrected chi connectivity index (χ4v) is 4.41. The van der Waals surface area contributed by atoms with Gasteiger partial charge >= 0.3 is 11.9 Å². The lowest BCUT2D eigenvalue weighted by molar-refractivity contribution is -0.147. The van der Waals surface area contributed by atoms with E-state index in [0.29, 0.717) is 38.6 Å². The van der Waals surface area contributed by atoms with Gasteiger partial charge in [0.25, 0.3) is 0 Å². The summed E-state index contributed by atoms with van der Waals surface area (Å²) in [6.07, 6.45) is 19.3. The molecule has 8 heteroatoms. The number of aliphatic carboxylic acids is 1. The molecule has 3 N–H and O–H groups in total. The van der Waals surface area contributed by atoms with E-state index in [1.807, 2.05) is 0 Å². The Morgan fingerprint density at radius 2 is 1.13 bits per heavy atom. The van der Waals surface area contributed by atoms with Crippen molar-refractivity contribution in [3.05, 3.63) is 0 Å². The summed E-state index contributed by atoms with van der Waals surface area (Å²) < 4.78 is 5.13. The van der Waals surface area contributed by atoms with E-state index < -0.39 is 18.0 Å². The summed E-state index contributed by atoms with van der Waals surface area (Å²) in [6, 6.07) is -0.656. The van der Waals surface area contributed by atoms with Gasteiger partial charge in [0.1, 0.15) is 6.04 Å². The summed E-state index contributed by atoms with van der Waals surface area (Å²) in [5, 5.41) is 14.4. The second-order valence-electron chi connectivity index (χ2n) is 10.3. The average Bonchev–Trinajstić information content (AvgIpc) is 2.88. The van der Waals surface area contributed by atoms with Crippen molar-refractivity contribution in [1.82, 2.24) is 10.6 Å². The molecule has 1 unspecified atom stereocenters. The number of carbonyl (C=O) groups is 4. The van der Waals surface area contributed by atoms with E-state index in [1.54, 1.807) is 6.92 Å². The van der Waals surface area contributed by atoms with Crippen LogP contribution in [-0.2, 0) is 23.9 Å². The van der Waals surface area contributed by atoms with Crippen molar-refractivity contribution in [2.24, 2.45) is 0 Å².